The second-order valence-corrected chi connectivity index (χ2v) is 16.9. The van der Waals surface area contributed by atoms with E-state index in [1.54, 1.807) is 67.6 Å². The van der Waals surface area contributed by atoms with Crippen LogP contribution in [0.5, 0.6) is 34.5 Å². The number of rotatable bonds is 23. The van der Waals surface area contributed by atoms with Gasteiger partial charge in [-0.2, -0.15) is 26.3 Å². The largest absolute Gasteiger partial charge is 0.493 e. The number of anilines is 2. The van der Waals surface area contributed by atoms with Crippen molar-refractivity contribution >= 4 is 47.0 Å². The number of ketones is 2. The maximum atomic E-state index is 14.0. The summed E-state index contributed by atoms with van der Waals surface area (Å²) in [6.45, 7) is 1.75. The lowest BCUT2D eigenvalue weighted by Crippen LogP contribution is -2.10. The molecule has 0 aliphatic carbocycles. The third-order valence-corrected chi connectivity index (χ3v) is 11.4. The molecule has 0 bridgehead atoms. The first kappa shape index (κ1) is 55.8. The minimum atomic E-state index is -4.24. The average Bonchev–Trinajstić information content (AvgIpc) is 3.38. The fourth-order valence-electron chi connectivity index (χ4n) is 7.46. The molecule has 4 N–H and O–H groups in total. The van der Waals surface area contributed by atoms with Crippen molar-refractivity contribution in [1.82, 2.24) is 0 Å². The first-order valence-electron chi connectivity index (χ1n) is 23.4. The van der Waals surface area contributed by atoms with E-state index in [9.17, 15) is 45.5 Å². The molecule has 0 saturated carbocycles. The summed E-state index contributed by atoms with van der Waals surface area (Å²) in [7, 11) is 2.73. The molecular formula is C57H52F6N2O10. The van der Waals surface area contributed by atoms with Crippen LogP contribution in [0.2, 0.25) is 0 Å². The van der Waals surface area contributed by atoms with Gasteiger partial charge in [-0.05, 0) is 151 Å². The van der Waals surface area contributed by atoms with Crippen molar-refractivity contribution in [2.75, 3.05) is 38.9 Å². The summed E-state index contributed by atoms with van der Waals surface area (Å²) in [5, 5.41) is 0. The zero-order valence-corrected chi connectivity index (χ0v) is 40.9. The third kappa shape index (κ3) is 16.2. The molecule has 0 radical (unpaired) electrons. The lowest BCUT2D eigenvalue weighted by Gasteiger charge is -2.16. The Kier molecular flexibility index (Phi) is 18.9. The predicted octanol–water partition coefficient (Wildman–Crippen LogP) is 13.3. The van der Waals surface area contributed by atoms with Gasteiger partial charge in [0.15, 0.2) is 34.6 Å². The van der Waals surface area contributed by atoms with Crippen molar-refractivity contribution < 1.29 is 73.9 Å². The van der Waals surface area contributed by atoms with Crippen LogP contribution < -0.4 is 39.9 Å². The Bertz CT molecular complexity index is 3060. The van der Waals surface area contributed by atoms with Crippen LogP contribution >= 0.6 is 0 Å². The van der Waals surface area contributed by atoms with E-state index in [0.29, 0.717) is 39.2 Å². The van der Waals surface area contributed by atoms with Crippen LogP contribution in [0.1, 0.15) is 96.6 Å². The number of unbranched alkanes of at least 4 members (excludes halogenated alkanes) is 2. The van der Waals surface area contributed by atoms with Gasteiger partial charge in [0.05, 0.1) is 38.6 Å². The van der Waals surface area contributed by atoms with E-state index >= 15 is 0 Å². The van der Waals surface area contributed by atoms with E-state index in [0.717, 1.165) is 0 Å². The summed E-state index contributed by atoms with van der Waals surface area (Å²) in [5.41, 5.74) is 16.4. The molecular weight excluding hydrogens is 987 g/mol. The number of carbonyl (C=O) groups excluding carboxylic acids is 4. The Morgan fingerprint density at radius 2 is 0.973 bits per heavy atom. The summed E-state index contributed by atoms with van der Waals surface area (Å²) in [5.74, 6) is -0.945. The summed E-state index contributed by atoms with van der Waals surface area (Å²) >= 11 is 0. The second kappa shape index (κ2) is 25.4. The van der Waals surface area contributed by atoms with Crippen molar-refractivity contribution in [3.05, 3.63) is 166 Å². The normalized spacial score (nSPS) is 11.6. The van der Waals surface area contributed by atoms with Crippen LogP contribution in [0.15, 0.2) is 127 Å². The number of nitrogen functional groups attached to an aromatic ring is 2. The molecule has 6 rings (SSSR count). The Labute approximate surface area is 428 Å². The number of methoxy groups -OCH3 is 2. The molecule has 6 aromatic rings. The molecule has 75 heavy (non-hydrogen) atoms. The van der Waals surface area contributed by atoms with Gasteiger partial charge in [0.1, 0.15) is 11.5 Å². The molecule has 12 nitrogen and oxygen atoms in total. The number of hydrogen-bond acceptors (Lipinski definition) is 12. The molecule has 0 atom stereocenters. The molecule has 392 valence electrons. The number of hydrogen-bond donors (Lipinski definition) is 2. The first-order valence-corrected chi connectivity index (χ1v) is 23.4. The predicted molar refractivity (Wildman–Crippen MR) is 272 cm³/mol. The Morgan fingerprint density at radius 3 is 1.43 bits per heavy atom. The summed E-state index contributed by atoms with van der Waals surface area (Å²) in [6, 6.07) is 29.4. The standard InChI is InChI=1S/C57H52F6N2O10/c1-35-46(65)23-22-44(53(35)48(67)25-13-37-10-19-42(20-11-37)75-55(69)39-15-27-50(52(33-39)71-3)73-31-7-5-29-57(61,62)63)43-21-16-40(64)34-45(43)47(66)24-12-36-8-17-41(18-9-36)74-54(68)38-14-26-49(51(32-38)70-2)72-30-6-4-28-56(58,59)60/h8-27,32-34H,4-7,28-31,64-65H2,1-3H3/b24-12+,25-13+. The van der Waals surface area contributed by atoms with Gasteiger partial charge < -0.3 is 39.9 Å². The van der Waals surface area contributed by atoms with Gasteiger partial charge in [0.25, 0.3) is 0 Å². The first-order chi connectivity index (χ1) is 35.7. The number of esters is 2. The van der Waals surface area contributed by atoms with Gasteiger partial charge in [-0.25, -0.2) is 9.59 Å². The van der Waals surface area contributed by atoms with Gasteiger partial charge in [-0.15, -0.1) is 0 Å². The minimum Gasteiger partial charge on any atom is -0.493 e. The van der Waals surface area contributed by atoms with E-state index in [1.165, 1.54) is 93.1 Å². The molecule has 0 aliphatic rings. The minimum absolute atomic E-state index is 0.0282. The molecule has 0 fully saturated rings. The van der Waals surface area contributed by atoms with Crippen LogP contribution in [0.3, 0.4) is 0 Å². The highest BCUT2D eigenvalue weighted by Gasteiger charge is 2.27. The summed E-state index contributed by atoms with van der Waals surface area (Å²) < 4.78 is 108. The number of benzene rings is 6. The Hall–Kier alpha value is -8.54. The maximum absolute atomic E-state index is 14.0. The fraction of sp³-hybridized carbons (Fsp3) is 0.228. The number of carbonyl (C=O) groups is 4. The molecule has 0 heterocycles. The fourth-order valence-corrected chi connectivity index (χ4v) is 7.46. The SMILES string of the molecule is COc1cc(C(=O)Oc2ccc(/C=C/C(=O)c3cc(N)ccc3-c3ccc(N)c(C)c3C(=O)/C=C/c3ccc(OC(=O)c4ccc(OCCCCC(F)(F)F)c(OC)c4)cc3)cc2)ccc1OCCCCC(F)(F)F. The van der Waals surface area contributed by atoms with Crippen LogP contribution in [0, 0.1) is 6.92 Å². The van der Waals surface area contributed by atoms with Crippen molar-refractivity contribution in [3.8, 4) is 45.6 Å². The number of allylic oxidation sites excluding steroid dienone is 2. The van der Waals surface area contributed by atoms with E-state index < -0.39 is 48.7 Å². The molecule has 0 aromatic heterocycles. The smallest absolute Gasteiger partial charge is 0.389 e. The third-order valence-electron chi connectivity index (χ3n) is 11.4. The van der Waals surface area contributed by atoms with Crippen molar-refractivity contribution in [2.24, 2.45) is 0 Å². The zero-order chi connectivity index (χ0) is 54.3. The van der Waals surface area contributed by atoms with Crippen molar-refractivity contribution in [2.45, 2.75) is 57.8 Å². The highest BCUT2D eigenvalue weighted by Crippen LogP contribution is 2.35. The molecule has 18 heteroatoms. The van der Waals surface area contributed by atoms with Gasteiger partial charge in [0, 0.05) is 35.3 Å². The molecule has 6 aromatic carbocycles. The van der Waals surface area contributed by atoms with Gasteiger partial charge in [-0.1, -0.05) is 48.6 Å². The quantitative estimate of drug-likeness (QED) is 0.0118. The number of ether oxygens (including phenoxy) is 6. The monoisotopic (exact) mass is 1040 g/mol. The Morgan fingerprint density at radius 1 is 0.520 bits per heavy atom. The molecule has 0 unspecified atom stereocenters. The highest BCUT2D eigenvalue weighted by molar-refractivity contribution is 6.16. The van der Waals surface area contributed by atoms with Gasteiger partial charge in [-0.3, -0.25) is 9.59 Å². The highest BCUT2D eigenvalue weighted by atomic mass is 19.4. The summed E-state index contributed by atoms with van der Waals surface area (Å²) in [6.07, 6.45) is -4.29. The molecule has 0 aliphatic heterocycles. The van der Waals surface area contributed by atoms with Gasteiger partial charge in [0.2, 0.25) is 0 Å². The van der Waals surface area contributed by atoms with Crippen molar-refractivity contribution in [3.63, 3.8) is 0 Å². The number of alkyl halides is 6. The lowest BCUT2D eigenvalue weighted by molar-refractivity contribution is -0.136. The number of halogens is 6. The van der Waals surface area contributed by atoms with Crippen LogP contribution in [0.4, 0.5) is 37.7 Å². The van der Waals surface area contributed by atoms with E-state index in [-0.39, 0.29) is 95.6 Å². The van der Waals surface area contributed by atoms with E-state index in [2.05, 4.69) is 0 Å². The lowest BCUT2D eigenvalue weighted by atomic mass is 9.88. The molecule has 0 amide bonds. The topological polar surface area (TPSA) is 176 Å². The van der Waals surface area contributed by atoms with Crippen LogP contribution in [0.25, 0.3) is 23.3 Å². The second-order valence-electron chi connectivity index (χ2n) is 16.9. The maximum Gasteiger partial charge on any atom is 0.389 e. The van der Waals surface area contributed by atoms with E-state index in [4.69, 9.17) is 39.9 Å². The van der Waals surface area contributed by atoms with Crippen LogP contribution in [-0.4, -0.2) is 63.3 Å². The number of nitrogens with two attached hydrogens (primary N) is 2. The van der Waals surface area contributed by atoms with E-state index in [1.807, 2.05) is 0 Å². The Balaban J connectivity index is 1.09. The molecule has 0 spiro atoms. The van der Waals surface area contributed by atoms with Crippen molar-refractivity contribution in [1.29, 1.82) is 0 Å². The molecule has 0 saturated heterocycles. The van der Waals surface area contributed by atoms with Gasteiger partial charge >= 0.3 is 24.3 Å². The van der Waals surface area contributed by atoms with Crippen LogP contribution in [-0.2, 0) is 0 Å². The zero-order valence-electron chi connectivity index (χ0n) is 40.9. The summed E-state index contributed by atoms with van der Waals surface area (Å²) in [4.78, 5) is 54.0. The average molecular weight is 1040 g/mol.